The third-order valence-electron chi connectivity index (χ3n) is 3.64. The largest absolute Gasteiger partial charge is 0.347 e. The maximum atomic E-state index is 12.8. The van der Waals surface area contributed by atoms with E-state index in [0.717, 1.165) is 25.9 Å². The molecule has 0 bridgehead atoms. The molecule has 1 saturated heterocycles. The molecule has 1 aliphatic rings. The quantitative estimate of drug-likeness (QED) is 0.811. The van der Waals surface area contributed by atoms with E-state index in [0.29, 0.717) is 5.56 Å². The number of amides is 2. The molecule has 5 nitrogen and oxygen atoms in total. The van der Waals surface area contributed by atoms with Crippen molar-refractivity contribution in [2.75, 3.05) is 19.6 Å². The fourth-order valence-electron chi connectivity index (χ4n) is 2.35. The van der Waals surface area contributed by atoms with Gasteiger partial charge in [0.05, 0.1) is 6.54 Å². The minimum Gasteiger partial charge on any atom is -0.347 e. The summed E-state index contributed by atoms with van der Waals surface area (Å²) in [5.41, 5.74) is 0.377. The molecule has 1 aromatic carbocycles. The Bertz CT molecular complexity index is 551. The third-order valence-corrected chi connectivity index (χ3v) is 3.64. The van der Waals surface area contributed by atoms with E-state index in [4.69, 9.17) is 0 Å². The summed E-state index contributed by atoms with van der Waals surface area (Å²) in [5.74, 6) is -1.05. The summed E-state index contributed by atoms with van der Waals surface area (Å²) in [6.45, 7) is 1.47. The molecule has 0 aromatic heterocycles. The van der Waals surface area contributed by atoms with Crippen molar-refractivity contribution < 1.29 is 18.8 Å². The Morgan fingerprint density at radius 1 is 1.05 bits per heavy atom. The van der Waals surface area contributed by atoms with E-state index in [9.17, 15) is 18.8 Å². The van der Waals surface area contributed by atoms with Gasteiger partial charge in [0.1, 0.15) is 5.82 Å². The van der Waals surface area contributed by atoms with Gasteiger partial charge in [-0.05, 0) is 37.1 Å². The number of carbonyl (C=O) groups excluding carboxylic acids is 3. The van der Waals surface area contributed by atoms with Gasteiger partial charge in [0.2, 0.25) is 11.8 Å². The van der Waals surface area contributed by atoms with Gasteiger partial charge in [0.15, 0.2) is 5.78 Å². The lowest BCUT2D eigenvalue weighted by molar-refractivity contribution is -0.132. The first-order valence-electron chi connectivity index (χ1n) is 7.39. The van der Waals surface area contributed by atoms with Gasteiger partial charge in [0, 0.05) is 31.5 Å². The van der Waals surface area contributed by atoms with Crippen LogP contribution in [0.25, 0.3) is 0 Å². The van der Waals surface area contributed by atoms with E-state index in [1.165, 1.54) is 24.3 Å². The first kappa shape index (κ1) is 16.1. The fraction of sp³-hybridized carbons (Fsp3) is 0.438. The summed E-state index contributed by atoms with van der Waals surface area (Å²) in [4.78, 5) is 37.0. The molecule has 0 aliphatic carbocycles. The van der Waals surface area contributed by atoms with Crippen molar-refractivity contribution in [3.8, 4) is 0 Å². The molecular weight excluding hydrogens is 287 g/mol. The molecule has 118 valence electrons. The molecule has 1 N–H and O–H groups in total. The van der Waals surface area contributed by atoms with Gasteiger partial charge in [0.25, 0.3) is 0 Å². The van der Waals surface area contributed by atoms with Crippen LogP contribution in [0.1, 0.15) is 36.0 Å². The molecular formula is C16H19FN2O3. The maximum absolute atomic E-state index is 12.8. The van der Waals surface area contributed by atoms with Gasteiger partial charge in [-0.1, -0.05) is 0 Å². The minimum absolute atomic E-state index is 0.0174. The van der Waals surface area contributed by atoms with Crippen molar-refractivity contribution in [1.29, 1.82) is 0 Å². The van der Waals surface area contributed by atoms with E-state index < -0.39 is 5.82 Å². The van der Waals surface area contributed by atoms with E-state index >= 15 is 0 Å². The number of nitrogens with zero attached hydrogens (tertiary/aromatic N) is 1. The van der Waals surface area contributed by atoms with Gasteiger partial charge >= 0.3 is 0 Å². The van der Waals surface area contributed by atoms with Crippen molar-refractivity contribution in [3.05, 3.63) is 35.6 Å². The Hall–Kier alpha value is -2.24. The first-order valence-corrected chi connectivity index (χ1v) is 7.39. The van der Waals surface area contributed by atoms with Crippen LogP contribution in [-0.4, -0.2) is 42.1 Å². The predicted molar refractivity (Wildman–Crippen MR) is 78.8 cm³/mol. The Kier molecular flexibility index (Phi) is 5.63. The minimum atomic E-state index is -0.408. The smallest absolute Gasteiger partial charge is 0.241 e. The maximum Gasteiger partial charge on any atom is 0.241 e. The summed E-state index contributed by atoms with van der Waals surface area (Å²) in [6, 6.07) is 5.21. The summed E-state index contributed by atoms with van der Waals surface area (Å²) < 4.78 is 12.8. The molecule has 0 unspecified atom stereocenters. The van der Waals surface area contributed by atoms with Gasteiger partial charge in [-0.25, -0.2) is 4.39 Å². The third kappa shape index (κ3) is 4.65. The fourth-order valence-corrected chi connectivity index (χ4v) is 2.35. The zero-order chi connectivity index (χ0) is 15.9. The second-order valence-corrected chi connectivity index (χ2v) is 5.29. The van der Waals surface area contributed by atoms with Gasteiger partial charge in [-0.15, -0.1) is 0 Å². The van der Waals surface area contributed by atoms with Crippen LogP contribution in [0.2, 0.25) is 0 Å². The van der Waals surface area contributed by atoms with E-state index in [2.05, 4.69) is 5.32 Å². The molecule has 22 heavy (non-hydrogen) atoms. The molecule has 1 heterocycles. The average molecular weight is 306 g/mol. The molecule has 0 spiro atoms. The standard InChI is InChI=1S/C16H19FN2O3/c17-13-5-3-12(4-6-13)14(20)7-8-15(21)18-11-16(22)19-9-1-2-10-19/h3-6H,1-2,7-11H2,(H,18,21). The Labute approximate surface area is 128 Å². The molecule has 6 heteroatoms. The lowest BCUT2D eigenvalue weighted by atomic mass is 10.1. The van der Waals surface area contributed by atoms with E-state index in [1.807, 2.05) is 0 Å². The van der Waals surface area contributed by atoms with Crippen LogP contribution in [0.5, 0.6) is 0 Å². The van der Waals surface area contributed by atoms with Gasteiger partial charge < -0.3 is 10.2 Å². The lowest BCUT2D eigenvalue weighted by Gasteiger charge is -2.15. The second kappa shape index (κ2) is 7.68. The van der Waals surface area contributed by atoms with Crippen molar-refractivity contribution >= 4 is 17.6 Å². The molecule has 2 rings (SSSR count). The predicted octanol–water partition coefficient (Wildman–Crippen LogP) is 1.53. The molecule has 1 aliphatic heterocycles. The number of likely N-dealkylation sites (tertiary alicyclic amines) is 1. The highest BCUT2D eigenvalue weighted by molar-refractivity contribution is 5.98. The number of rotatable bonds is 6. The molecule has 1 fully saturated rings. The number of carbonyl (C=O) groups is 3. The van der Waals surface area contributed by atoms with Crippen molar-refractivity contribution in [1.82, 2.24) is 10.2 Å². The number of Topliss-reactive ketones (excluding diaryl/α,β-unsaturated/α-hetero) is 1. The summed E-state index contributed by atoms with van der Waals surface area (Å²) in [6.07, 6.45) is 2.07. The van der Waals surface area contributed by atoms with Crippen LogP contribution in [0.4, 0.5) is 4.39 Å². The number of halogens is 1. The van der Waals surface area contributed by atoms with Crippen LogP contribution in [-0.2, 0) is 9.59 Å². The topological polar surface area (TPSA) is 66.5 Å². The van der Waals surface area contributed by atoms with Crippen molar-refractivity contribution in [2.24, 2.45) is 0 Å². The summed E-state index contributed by atoms with van der Waals surface area (Å²) in [7, 11) is 0. The molecule has 0 atom stereocenters. The molecule has 0 saturated carbocycles. The SMILES string of the molecule is O=C(CCC(=O)c1ccc(F)cc1)NCC(=O)N1CCCC1. The van der Waals surface area contributed by atoms with E-state index in [-0.39, 0.29) is 37.0 Å². The summed E-state index contributed by atoms with van der Waals surface area (Å²) >= 11 is 0. The Morgan fingerprint density at radius 2 is 1.68 bits per heavy atom. The molecule has 0 radical (unpaired) electrons. The zero-order valence-corrected chi connectivity index (χ0v) is 12.3. The van der Waals surface area contributed by atoms with E-state index in [1.54, 1.807) is 4.90 Å². The lowest BCUT2D eigenvalue weighted by Crippen LogP contribution is -2.38. The highest BCUT2D eigenvalue weighted by atomic mass is 19.1. The number of hydrogen-bond donors (Lipinski definition) is 1. The van der Waals surface area contributed by atoms with Crippen molar-refractivity contribution in [2.45, 2.75) is 25.7 Å². The normalized spacial score (nSPS) is 14.0. The van der Waals surface area contributed by atoms with Gasteiger partial charge in [-0.3, -0.25) is 14.4 Å². The van der Waals surface area contributed by atoms with Crippen LogP contribution in [0.3, 0.4) is 0 Å². The Balaban J connectivity index is 1.69. The number of ketones is 1. The first-order chi connectivity index (χ1) is 10.6. The van der Waals surface area contributed by atoms with Crippen LogP contribution >= 0.6 is 0 Å². The number of hydrogen-bond acceptors (Lipinski definition) is 3. The van der Waals surface area contributed by atoms with Gasteiger partial charge in [-0.2, -0.15) is 0 Å². The monoisotopic (exact) mass is 306 g/mol. The number of nitrogens with one attached hydrogen (secondary N) is 1. The van der Waals surface area contributed by atoms with Crippen LogP contribution < -0.4 is 5.32 Å². The summed E-state index contributed by atoms with van der Waals surface area (Å²) in [5, 5.41) is 2.53. The Morgan fingerprint density at radius 3 is 2.32 bits per heavy atom. The number of benzene rings is 1. The average Bonchev–Trinajstić information content (AvgIpc) is 3.05. The highest BCUT2D eigenvalue weighted by Gasteiger charge is 2.18. The van der Waals surface area contributed by atoms with Crippen molar-refractivity contribution in [3.63, 3.8) is 0 Å². The second-order valence-electron chi connectivity index (χ2n) is 5.29. The zero-order valence-electron chi connectivity index (χ0n) is 12.3. The van der Waals surface area contributed by atoms with Crippen LogP contribution in [0, 0.1) is 5.82 Å². The molecule has 2 amide bonds. The van der Waals surface area contributed by atoms with Crippen LogP contribution in [0.15, 0.2) is 24.3 Å². The molecule has 1 aromatic rings. The highest BCUT2D eigenvalue weighted by Crippen LogP contribution is 2.08.